The minimum absolute atomic E-state index is 0.602. The smallest absolute Gasteiger partial charge is 0.188 e. The summed E-state index contributed by atoms with van der Waals surface area (Å²) in [7, 11) is 0. The Bertz CT molecular complexity index is 533. The zero-order valence-electron chi connectivity index (χ0n) is 10.3. The lowest BCUT2D eigenvalue weighted by molar-refractivity contribution is 0.323. The molecule has 1 atom stereocenters. The molecule has 5 nitrogen and oxygen atoms in total. The standard InChI is InChI=1S/C12H14ClN5S/c13-9-2-1-3-10(6-9)19-11-4-5-18(7-11)8-12-14-16-17-15-12/h1-3,6,11H,4-5,7-8H2,(H,14,15,16,17). The molecule has 1 aliphatic rings. The first kappa shape index (κ1) is 12.9. The number of thioether (sulfide) groups is 1. The van der Waals surface area contributed by atoms with Crippen molar-refractivity contribution in [3.8, 4) is 0 Å². The van der Waals surface area contributed by atoms with Gasteiger partial charge in [-0.15, -0.1) is 22.0 Å². The Hall–Kier alpha value is -1.11. The van der Waals surface area contributed by atoms with Crippen LogP contribution in [0.4, 0.5) is 0 Å². The Morgan fingerprint density at radius 2 is 2.42 bits per heavy atom. The summed E-state index contributed by atoms with van der Waals surface area (Å²) < 4.78 is 0. The Kier molecular flexibility index (Phi) is 4.00. The van der Waals surface area contributed by atoms with E-state index >= 15 is 0 Å². The van der Waals surface area contributed by atoms with E-state index < -0.39 is 0 Å². The number of nitrogens with zero attached hydrogens (tertiary/aromatic N) is 4. The molecule has 1 N–H and O–H groups in total. The van der Waals surface area contributed by atoms with Crippen LogP contribution in [0.5, 0.6) is 0 Å². The third kappa shape index (κ3) is 3.46. The average Bonchev–Trinajstić information content (AvgIpc) is 3.02. The van der Waals surface area contributed by atoms with Gasteiger partial charge in [0, 0.05) is 21.7 Å². The van der Waals surface area contributed by atoms with Gasteiger partial charge in [0.25, 0.3) is 0 Å². The zero-order valence-corrected chi connectivity index (χ0v) is 11.9. The molecular weight excluding hydrogens is 282 g/mol. The summed E-state index contributed by atoms with van der Waals surface area (Å²) in [5.41, 5.74) is 0. The second-order valence-electron chi connectivity index (χ2n) is 4.55. The molecule has 0 amide bonds. The summed E-state index contributed by atoms with van der Waals surface area (Å²) in [4.78, 5) is 3.59. The molecule has 2 heterocycles. The number of H-pyrrole nitrogens is 1. The maximum atomic E-state index is 6.00. The van der Waals surface area contributed by atoms with Gasteiger partial charge >= 0.3 is 0 Å². The number of aromatic nitrogens is 4. The fourth-order valence-electron chi connectivity index (χ4n) is 2.22. The predicted molar refractivity (Wildman–Crippen MR) is 75.2 cm³/mol. The van der Waals surface area contributed by atoms with Crippen molar-refractivity contribution >= 4 is 23.4 Å². The highest BCUT2D eigenvalue weighted by molar-refractivity contribution is 8.00. The number of rotatable bonds is 4. The van der Waals surface area contributed by atoms with E-state index in [1.165, 1.54) is 11.3 Å². The number of hydrogen-bond acceptors (Lipinski definition) is 5. The Morgan fingerprint density at radius 1 is 1.47 bits per heavy atom. The Balaban J connectivity index is 1.54. The van der Waals surface area contributed by atoms with Crippen molar-refractivity contribution in [1.29, 1.82) is 0 Å². The van der Waals surface area contributed by atoms with Crippen LogP contribution in [0.1, 0.15) is 12.2 Å². The topological polar surface area (TPSA) is 57.7 Å². The van der Waals surface area contributed by atoms with Crippen LogP contribution < -0.4 is 0 Å². The molecule has 0 bridgehead atoms. The number of benzene rings is 1. The van der Waals surface area contributed by atoms with Crippen molar-refractivity contribution in [3.63, 3.8) is 0 Å². The lowest BCUT2D eigenvalue weighted by Crippen LogP contribution is -2.21. The number of aromatic amines is 1. The molecule has 1 aliphatic heterocycles. The number of tetrazole rings is 1. The van der Waals surface area contributed by atoms with Crippen LogP contribution in [0.3, 0.4) is 0 Å². The van der Waals surface area contributed by atoms with Gasteiger partial charge in [-0.05, 0) is 31.2 Å². The molecule has 1 saturated heterocycles. The lowest BCUT2D eigenvalue weighted by Gasteiger charge is -2.13. The quantitative estimate of drug-likeness (QED) is 0.937. The van der Waals surface area contributed by atoms with E-state index in [0.29, 0.717) is 5.25 Å². The van der Waals surface area contributed by atoms with Crippen LogP contribution >= 0.6 is 23.4 Å². The van der Waals surface area contributed by atoms with Crippen molar-refractivity contribution in [1.82, 2.24) is 25.5 Å². The number of nitrogens with one attached hydrogen (secondary N) is 1. The van der Waals surface area contributed by atoms with Gasteiger partial charge in [0.05, 0.1) is 6.54 Å². The lowest BCUT2D eigenvalue weighted by atomic mass is 10.4. The largest absolute Gasteiger partial charge is 0.295 e. The summed E-state index contributed by atoms with van der Waals surface area (Å²) in [5, 5.41) is 15.4. The summed E-state index contributed by atoms with van der Waals surface area (Å²) in [6, 6.07) is 8.03. The number of hydrogen-bond donors (Lipinski definition) is 1. The summed E-state index contributed by atoms with van der Waals surface area (Å²) in [5.74, 6) is 0.758. The van der Waals surface area contributed by atoms with Gasteiger partial charge < -0.3 is 0 Å². The Labute approximate surface area is 120 Å². The monoisotopic (exact) mass is 295 g/mol. The van der Waals surface area contributed by atoms with Crippen LogP contribution in [-0.2, 0) is 6.54 Å². The van der Waals surface area contributed by atoms with Crippen molar-refractivity contribution in [2.75, 3.05) is 13.1 Å². The first-order chi connectivity index (χ1) is 9.29. The first-order valence-corrected chi connectivity index (χ1v) is 7.42. The van der Waals surface area contributed by atoms with Crippen LogP contribution in [0, 0.1) is 0 Å². The fourth-order valence-corrected chi connectivity index (χ4v) is 3.72. The molecule has 1 unspecified atom stereocenters. The number of likely N-dealkylation sites (tertiary alicyclic amines) is 1. The molecule has 100 valence electrons. The highest BCUT2D eigenvalue weighted by Gasteiger charge is 2.24. The molecule has 0 radical (unpaired) electrons. The third-order valence-electron chi connectivity index (χ3n) is 3.08. The first-order valence-electron chi connectivity index (χ1n) is 6.16. The minimum Gasteiger partial charge on any atom is -0.295 e. The molecule has 0 saturated carbocycles. The van der Waals surface area contributed by atoms with Crippen LogP contribution in [0.2, 0.25) is 5.02 Å². The maximum absolute atomic E-state index is 6.00. The van der Waals surface area contributed by atoms with Crippen molar-refractivity contribution in [3.05, 3.63) is 35.1 Å². The van der Waals surface area contributed by atoms with Gasteiger partial charge in [-0.3, -0.25) is 4.90 Å². The van der Waals surface area contributed by atoms with E-state index in [9.17, 15) is 0 Å². The highest BCUT2D eigenvalue weighted by atomic mass is 35.5. The Morgan fingerprint density at radius 3 is 3.21 bits per heavy atom. The maximum Gasteiger partial charge on any atom is 0.188 e. The predicted octanol–water partition coefficient (Wildman–Crippen LogP) is 2.22. The van der Waals surface area contributed by atoms with E-state index in [1.54, 1.807) is 0 Å². The SMILES string of the molecule is Clc1cccc(SC2CCN(Cc3nn[nH]n3)C2)c1. The normalized spacial score (nSPS) is 19.9. The molecule has 1 fully saturated rings. The van der Waals surface area contributed by atoms with E-state index in [2.05, 4.69) is 31.6 Å². The molecule has 7 heteroatoms. The molecule has 2 aromatic rings. The summed E-state index contributed by atoms with van der Waals surface area (Å²) in [6.45, 7) is 2.89. The van der Waals surface area contributed by atoms with E-state index in [-0.39, 0.29) is 0 Å². The van der Waals surface area contributed by atoms with Gasteiger partial charge in [0.1, 0.15) is 0 Å². The third-order valence-corrected chi connectivity index (χ3v) is 4.56. The second-order valence-corrected chi connectivity index (χ2v) is 6.36. The molecule has 0 spiro atoms. The van der Waals surface area contributed by atoms with Crippen molar-refractivity contribution in [2.24, 2.45) is 0 Å². The molecule has 19 heavy (non-hydrogen) atoms. The fraction of sp³-hybridized carbons (Fsp3) is 0.417. The molecule has 0 aliphatic carbocycles. The molecule has 3 rings (SSSR count). The van der Waals surface area contributed by atoms with Gasteiger partial charge in [-0.1, -0.05) is 22.9 Å². The van der Waals surface area contributed by atoms with Gasteiger partial charge in [-0.25, -0.2) is 0 Å². The van der Waals surface area contributed by atoms with E-state index in [0.717, 1.165) is 30.5 Å². The van der Waals surface area contributed by atoms with Crippen LogP contribution in [0.15, 0.2) is 29.2 Å². The van der Waals surface area contributed by atoms with E-state index in [4.69, 9.17) is 11.6 Å². The number of halogens is 1. The zero-order chi connectivity index (χ0) is 13.1. The average molecular weight is 296 g/mol. The summed E-state index contributed by atoms with van der Waals surface area (Å²) in [6.07, 6.45) is 1.18. The van der Waals surface area contributed by atoms with Crippen molar-refractivity contribution in [2.45, 2.75) is 23.1 Å². The summed E-state index contributed by atoms with van der Waals surface area (Å²) >= 11 is 7.89. The molecule has 1 aromatic heterocycles. The van der Waals surface area contributed by atoms with Crippen molar-refractivity contribution < 1.29 is 0 Å². The highest BCUT2D eigenvalue weighted by Crippen LogP contribution is 2.31. The molecule has 1 aromatic carbocycles. The van der Waals surface area contributed by atoms with Crippen LogP contribution in [0.25, 0.3) is 0 Å². The van der Waals surface area contributed by atoms with Gasteiger partial charge in [-0.2, -0.15) is 5.21 Å². The minimum atomic E-state index is 0.602. The van der Waals surface area contributed by atoms with E-state index in [1.807, 2.05) is 30.0 Å². The molecular formula is C12H14ClN5S. The second kappa shape index (κ2) is 5.90. The van der Waals surface area contributed by atoms with Gasteiger partial charge in [0.2, 0.25) is 0 Å². The van der Waals surface area contributed by atoms with Crippen LogP contribution in [-0.4, -0.2) is 43.9 Å². The van der Waals surface area contributed by atoms with Gasteiger partial charge in [0.15, 0.2) is 5.82 Å².